The number of nitrogens with one attached hydrogen (secondary N) is 3. The lowest BCUT2D eigenvalue weighted by atomic mass is 10.3. The molecule has 2 aromatic rings. The fraction of sp³-hybridized carbons (Fsp3) is 0.167. The molecule has 0 aliphatic rings. The maximum Gasteiger partial charge on any atom is 0.292 e. The second kappa shape index (κ2) is 6.32. The third-order valence-corrected chi connectivity index (χ3v) is 2.37. The maximum absolute atomic E-state index is 11.7. The largest absolute Gasteiger partial charge is 0.484 e. The average molecular weight is 275 g/mol. The van der Waals surface area contributed by atoms with Crippen LogP contribution in [0, 0.1) is 0 Å². The monoisotopic (exact) mass is 275 g/mol. The molecule has 20 heavy (non-hydrogen) atoms. The van der Waals surface area contributed by atoms with Gasteiger partial charge in [0.1, 0.15) is 12.1 Å². The first-order valence-corrected chi connectivity index (χ1v) is 5.79. The van der Waals surface area contributed by atoms with Crippen molar-refractivity contribution in [1.82, 2.24) is 20.5 Å². The zero-order chi connectivity index (χ0) is 14.4. The summed E-state index contributed by atoms with van der Waals surface area (Å²) < 4.78 is 5.27. The molecule has 1 aromatic carbocycles. The second-order valence-corrected chi connectivity index (χ2v) is 3.78. The van der Waals surface area contributed by atoms with Crippen molar-refractivity contribution in [3.05, 3.63) is 36.4 Å². The van der Waals surface area contributed by atoms with Crippen molar-refractivity contribution in [3.8, 4) is 5.75 Å². The minimum Gasteiger partial charge on any atom is -0.484 e. The van der Waals surface area contributed by atoms with E-state index >= 15 is 0 Å². The average Bonchev–Trinajstić information content (AvgIpc) is 2.99. The summed E-state index contributed by atoms with van der Waals surface area (Å²) in [7, 11) is 1.53. The summed E-state index contributed by atoms with van der Waals surface area (Å²) in [5.41, 5.74) is 0.529. The zero-order valence-corrected chi connectivity index (χ0v) is 10.7. The van der Waals surface area contributed by atoms with E-state index in [1.54, 1.807) is 24.3 Å². The van der Waals surface area contributed by atoms with E-state index < -0.39 is 5.91 Å². The predicted octanol–water partition coefficient (Wildman–Crippen LogP) is 0.182. The van der Waals surface area contributed by atoms with Gasteiger partial charge in [0.2, 0.25) is 5.82 Å². The Morgan fingerprint density at radius 1 is 1.40 bits per heavy atom. The molecule has 0 saturated heterocycles. The quantitative estimate of drug-likeness (QED) is 0.721. The van der Waals surface area contributed by atoms with Crippen molar-refractivity contribution in [2.75, 3.05) is 19.0 Å². The maximum atomic E-state index is 11.7. The lowest BCUT2D eigenvalue weighted by Gasteiger charge is -2.07. The molecule has 0 aliphatic carbocycles. The van der Waals surface area contributed by atoms with Crippen LogP contribution in [0.15, 0.2) is 30.6 Å². The summed E-state index contributed by atoms with van der Waals surface area (Å²) >= 11 is 0. The number of amides is 2. The van der Waals surface area contributed by atoms with Crippen LogP contribution in [0.2, 0.25) is 0 Å². The molecule has 0 radical (unpaired) electrons. The number of aromatic nitrogens is 3. The molecule has 1 aromatic heterocycles. The Morgan fingerprint density at radius 3 is 2.95 bits per heavy atom. The van der Waals surface area contributed by atoms with E-state index in [0.717, 1.165) is 0 Å². The van der Waals surface area contributed by atoms with Crippen LogP contribution in [0.5, 0.6) is 5.75 Å². The van der Waals surface area contributed by atoms with Crippen LogP contribution in [-0.4, -0.2) is 40.7 Å². The number of anilines is 1. The van der Waals surface area contributed by atoms with Crippen molar-refractivity contribution < 1.29 is 14.3 Å². The molecule has 0 spiro atoms. The molecule has 0 aliphatic heterocycles. The van der Waals surface area contributed by atoms with Crippen LogP contribution in [0.1, 0.15) is 10.6 Å². The van der Waals surface area contributed by atoms with Gasteiger partial charge in [-0.25, -0.2) is 4.98 Å². The summed E-state index contributed by atoms with van der Waals surface area (Å²) in [4.78, 5) is 26.6. The fourth-order valence-electron chi connectivity index (χ4n) is 1.39. The highest BCUT2D eigenvalue weighted by Crippen LogP contribution is 2.17. The first-order chi connectivity index (χ1) is 9.69. The highest BCUT2D eigenvalue weighted by molar-refractivity contribution is 6.01. The Balaban J connectivity index is 1.99. The van der Waals surface area contributed by atoms with Crippen molar-refractivity contribution in [1.29, 1.82) is 0 Å². The number of hydrogen-bond acceptors (Lipinski definition) is 5. The number of ether oxygens (including phenoxy) is 1. The molecule has 8 heteroatoms. The number of carbonyl (C=O) groups is 2. The fourth-order valence-corrected chi connectivity index (χ4v) is 1.39. The Hall–Kier alpha value is -2.90. The lowest BCUT2D eigenvalue weighted by molar-refractivity contribution is -0.122. The van der Waals surface area contributed by atoms with Gasteiger partial charge in [0, 0.05) is 18.8 Å². The van der Waals surface area contributed by atoms with Crippen molar-refractivity contribution in [2.24, 2.45) is 0 Å². The van der Waals surface area contributed by atoms with E-state index in [9.17, 15) is 9.59 Å². The number of likely N-dealkylation sites (N-methyl/N-ethyl adjacent to an activating group) is 1. The van der Waals surface area contributed by atoms with E-state index in [1.807, 2.05) is 0 Å². The smallest absolute Gasteiger partial charge is 0.292 e. The van der Waals surface area contributed by atoms with Gasteiger partial charge in [-0.1, -0.05) is 6.07 Å². The van der Waals surface area contributed by atoms with Gasteiger partial charge in [0.15, 0.2) is 6.61 Å². The van der Waals surface area contributed by atoms with Gasteiger partial charge in [-0.15, -0.1) is 0 Å². The number of benzene rings is 1. The number of aromatic amines is 1. The SMILES string of the molecule is CNC(=O)COc1cccc(NC(=O)c2ncn[nH]2)c1. The Bertz CT molecular complexity index is 597. The van der Waals surface area contributed by atoms with E-state index in [4.69, 9.17) is 4.74 Å². The number of H-pyrrole nitrogens is 1. The standard InChI is InChI=1S/C12H13N5O3/c1-13-10(18)6-20-9-4-2-3-8(5-9)16-12(19)11-14-7-15-17-11/h2-5,7H,6H2,1H3,(H,13,18)(H,16,19)(H,14,15,17). The summed E-state index contributed by atoms with van der Waals surface area (Å²) in [5, 5.41) is 11.1. The number of rotatable bonds is 5. The van der Waals surface area contributed by atoms with Crippen LogP contribution in [-0.2, 0) is 4.79 Å². The van der Waals surface area contributed by atoms with Gasteiger partial charge < -0.3 is 15.4 Å². The van der Waals surface area contributed by atoms with Crippen LogP contribution in [0.3, 0.4) is 0 Å². The number of hydrogen-bond donors (Lipinski definition) is 3. The van der Waals surface area contributed by atoms with E-state index in [2.05, 4.69) is 25.8 Å². The summed E-state index contributed by atoms with van der Waals surface area (Å²) in [5.74, 6) is -0.0577. The van der Waals surface area contributed by atoms with Crippen LogP contribution < -0.4 is 15.4 Å². The molecule has 8 nitrogen and oxygen atoms in total. The molecule has 2 amide bonds. The topological polar surface area (TPSA) is 109 Å². The second-order valence-electron chi connectivity index (χ2n) is 3.78. The van der Waals surface area contributed by atoms with Gasteiger partial charge in [-0.05, 0) is 12.1 Å². The Kier molecular flexibility index (Phi) is 4.28. The molecule has 0 bridgehead atoms. The van der Waals surface area contributed by atoms with Gasteiger partial charge in [-0.3, -0.25) is 14.7 Å². The van der Waals surface area contributed by atoms with Crippen molar-refractivity contribution >= 4 is 17.5 Å². The van der Waals surface area contributed by atoms with E-state index in [1.165, 1.54) is 13.4 Å². The van der Waals surface area contributed by atoms with Crippen molar-refractivity contribution in [3.63, 3.8) is 0 Å². The minimum absolute atomic E-state index is 0.0873. The third kappa shape index (κ3) is 3.55. The van der Waals surface area contributed by atoms with Gasteiger partial charge in [0.05, 0.1) is 0 Å². The first kappa shape index (κ1) is 13.5. The lowest BCUT2D eigenvalue weighted by Crippen LogP contribution is -2.24. The highest BCUT2D eigenvalue weighted by Gasteiger charge is 2.09. The molecule has 104 valence electrons. The Morgan fingerprint density at radius 2 is 2.25 bits per heavy atom. The van der Waals surface area contributed by atoms with E-state index in [0.29, 0.717) is 11.4 Å². The zero-order valence-electron chi connectivity index (χ0n) is 10.7. The van der Waals surface area contributed by atoms with Gasteiger partial charge in [0.25, 0.3) is 11.8 Å². The number of carbonyl (C=O) groups excluding carboxylic acids is 2. The molecule has 0 unspecified atom stereocenters. The number of nitrogens with zero attached hydrogens (tertiary/aromatic N) is 2. The van der Waals surface area contributed by atoms with Crippen LogP contribution in [0.4, 0.5) is 5.69 Å². The molecule has 2 rings (SSSR count). The predicted molar refractivity (Wildman–Crippen MR) is 70.3 cm³/mol. The van der Waals surface area contributed by atoms with Crippen LogP contribution >= 0.6 is 0 Å². The molecule has 0 atom stereocenters. The summed E-state index contributed by atoms with van der Waals surface area (Å²) in [6.07, 6.45) is 1.25. The molecule has 0 fully saturated rings. The highest BCUT2D eigenvalue weighted by atomic mass is 16.5. The van der Waals surface area contributed by atoms with E-state index in [-0.39, 0.29) is 18.3 Å². The third-order valence-electron chi connectivity index (χ3n) is 2.37. The summed E-state index contributed by atoms with van der Waals surface area (Å²) in [6.45, 7) is -0.0873. The first-order valence-electron chi connectivity index (χ1n) is 5.79. The minimum atomic E-state index is -0.411. The molecular formula is C12H13N5O3. The molecule has 1 heterocycles. The molecule has 0 saturated carbocycles. The van der Waals surface area contributed by atoms with Crippen molar-refractivity contribution in [2.45, 2.75) is 0 Å². The Labute approximate surface area is 114 Å². The summed E-state index contributed by atoms with van der Waals surface area (Å²) in [6, 6.07) is 6.69. The molecule has 3 N–H and O–H groups in total. The van der Waals surface area contributed by atoms with Gasteiger partial charge >= 0.3 is 0 Å². The van der Waals surface area contributed by atoms with Crippen LogP contribution in [0.25, 0.3) is 0 Å². The van der Waals surface area contributed by atoms with Gasteiger partial charge in [-0.2, -0.15) is 5.10 Å². The molecular weight excluding hydrogens is 262 g/mol. The normalized spacial score (nSPS) is 9.85.